The molecule has 33 heavy (non-hydrogen) atoms. The highest BCUT2D eigenvalue weighted by atomic mass is 32.1. The van der Waals surface area contributed by atoms with E-state index < -0.39 is 11.7 Å². The molecular weight excluding hydrogens is 445 g/mol. The molecule has 3 heterocycles. The minimum Gasteiger partial charge on any atom is -0.454 e. The Kier molecular flexibility index (Phi) is 5.55. The van der Waals surface area contributed by atoms with Gasteiger partial charge in [-0.25, -0.2) is 9.40 Å². The fourth-order valence-electron chi connectivity index (χ4n) is 3.90. The topological polar surface area (TPSA) is 71.4 Å². The van der Waals surface area contributed by atoms with Gasteiger partial charge in [-0.2, -0.15) is 5.10 Å². The van der Waals surface area contributed by atoms with Crippen LogP contribution in [-0.2, 0) is 4.79 Å². The number of amides is 2. The van der Waals surface area contributed by atoms with Crippen LogP contribution in [-0.4, -0.2) is 47.8 Å². The Labute approximate surface area is 193 Å². The van der Waals surface area contributed by atoms with E-state index in [1.807, 2.05) is 35.7 Å². The number of hydrogen-bond acceptors (Lipinski definition) is 6. The number of halogens is 1. The summed E-state index contributed by atoms with van der Waals surface area (Å²) in [5, 5.41) is 8.02. The molecule has 2 aromatic carbocycles. The van der Waals surface area contributed by atoms with E-state index in [2.05, 4.69) is 5.10 Å². The molecule has 0 saturated heterocycles. The zero-order valence-electron chi connectivity index (χ0n) is 17.7. The maximum Gasteiger partial charge on any atom is 0.262 e. The minimum atomic E-state index is -0.506. The number of hydrogen-bond donors (Lipinski definition) is 0. The highest BCUT2D eigenvalue weighted by molar-refractivity contribution is 7.12. The quantitative estimate of drug-likeness (QED) is 0.570. The Morgan fingerprint density at radius 3 is 2.79 bits per heavy atom. The number of benzene rings is 2. The number of hydrazone groups is 1. The Hall–Kier alpha value is -3.72. The van der Waals surface area contributed by atoms with Crippen molar-refractivity contribution < 1.29 is 23.5 Å². The molecule has 0 spiro atoms. The van der Waals surface area contributed by atoms with E-state index in [-0.39, 0.29) is 30.9 Å². The zero-order valence-corrected chi connectivity index (χ0v) is 18.5. The third-order valence-corrected chi connectivity index (χ3v) is 6.46. The van der Waals surface area contributed by atoms with Crippen LogP contribution >= 0.6 is 11.3 Å². The molecule has 2 amide bonds. The van der Waals surface area contributed by atoms with Gasteiger partial charge in [0.25, 0.3) is 11.8 Å². The summed E-state index contributed by atoms with van der Waals surface area (Å²) in [6.45, 7) is -0.0341. The van der Waals surface area contributed by atoms with E-state index >= 15 is 0 Å². The molecule has 0 unspecified atom stereocenters. The number of nitrogens with zero attached hydrogens (tertiary/aromatic N) is 3. The van der Waals surface area contributed by atoms with Gasteiger partial charge >= 0.3 is 0 Å². The SMILES string of the molecule is CN(CC(=O)N1N=C(c2cccs2)C[C@H]1c1ccc2c(c1)OCO2)C(=O)c1cccc(F)c1. The predicted molar refractivity (Wildman–Crippen MR) is 121 cm³/mol. The lowest BCUT2D eigenvalue weighted by Crippen LogP contribution is -2.39. The van der Waals surface area contributed by atoms with E-state index in [0.717, 1.165) is 22.2 Å². The van der Waals surface area contributed by atoms with Gasteiger partial charge in [0.1, 0.15) is 12.4 Å². The summed E-state index contributed by atoms with van der Waals surface area (Å²) < 4.78 is 24.4. The Balaban J connectivity index is 1.40. The second kappa shape index (κ2) is 8.67. The molecule has 0 bridgehead atoms. The molecule has 5 rings (SSSR count). The lowest BCUT2D eigenvalue weighted by atomic mass is 10.0. The van der Waals surface area contributed by atoms with Crippen molar-refractivity contribution in [2.24, 2.45) is 5.10 Å². The normalized spacial score (nSPS) is 16.6. The molecule has 0 N–H and O–H groups in total. The van der Waals surface area contributed by atoms with Crippen LogP contribution in [0.1, 0.15) is 33.3 Å². The van der Waals surface area contributed by atoms with Crippen LogP contribution in [0.4, 0.5) is 4.39 Å². The third-order valence-electron chi connectivity index (χ3n) is 5.54. The summed E-state index contributed by atoms with van der Waals surface area (Å²) in [6.07, 6.45) is 0.535. The van der Waals surface area contributed by atoms with Gasteiger partial charge in [0.2, 0.25) is 6.79 Å². The van der Waals surface area contributed by atoms with Crippen LogP contribution < -0.4 is 9.47 Å². The van der Waals surface area contributed by atoms with Gasteiger partial charge in [-0.1, -0.05) is 18.2 Å². The third kappa shape index (κ3) is 4.19. The minimum absolute atomic E-state index is 0.163. The Bertz CT molecular complexity index is 1240. The summed E-state index contributed by atoms with van der Waals surface area (Å²) in [5.41, 5.74) is 1.85. The van der Waals surface area contributed by atoms with Crippen molar-refractivity contribution in [3.8, 4) is 11.5 Å². The van der Waals surface area contributed by atoms with E-state index in [1.54, 1.807) is 11.3 Å². The van der Waals surface area contributed by atoms with Gasteiger partial charge in [-0.05, 0) is 47.3 Å². The summed E-state index contributed by atoms with van der Waals surface area (Å²) >= 11 is 1.56. The molecule has 2 aliphatic rings. The number of fused-ring (bicyclic) bond motifs is 1. The van der Waals surface area contributed by atoms with Crippen molar-refractivity contribution in [3.63, 3.8) is 0 Å². The van der Waals surface area contributed by atoms with Crippen molar-refractivity contribution in [1.82, 2.24) is 9.91 Å². The van der Waals surface area contributed by atoms with Crippen LogP contribution in [0.15, 0.2) is 65.1 Å². The van der Waals surface area contributed by atoms with Crippen LogP contribution in [0.5, 0.6) is 11.5 Å². The fraction of sp³-hybridized carbons (Fsp3) is 0.208. The molecule has 0 radical (unpaired) electrons. The van der Waals surface area contributed by atoms with Gasteiger partial charge in [-0.15, -0.1) is 11.3 Å². The van der Waals surface area contributed by atoms with Crippen LogP contribution in [0, 0.1) is 5.82 Å². The summed E-state index contributed by atoms with van der Waals surface area (Å²) in [7, 11) is 1.51. The summed E-state index contributed by atoms with van der Waals surface area (Å²) in [5.74, 6) is 0.00566. The highest BCUT2D eigenvalue weighted by Gasteiger charge is 2.35. The van der Waals surface area contributed by atoms with Crippen molar-refractivity contribution in [2.75, 3.05) is 20.4 Å². The second-order valence-corrected chi connectivity index (χ2v) is 8.71. The molecule has 0 saturated carbocycles. The second-order valence-electron chi connectivity index (χ2n) is 7.77. The molecule has 2 aliphatic heterocycles. The molecule has 1 aromatic heterocycles. The molecule has 0 aliphatic carbocycles. The van der Waals surface area contributed by atoms with E-state index in [4.69, 9.17) is 9.47 Å². The lowest BCUT2D eigenvalue weighted by molar-refractivity contribution is -0.133. The molecule has 9 heteroatoms. The van der Waals surface area contributed by atoms with Crippen molar-refractivity contribution in [3.05, 3.63) is 81.8 Å². The van der Waals surface area contributed by atoms with Gasteiger partial charge < -0.3 is 14.4 Å². The van der Waals surface area contributed by atoms with Gasteiger partial charge in [-0.3, -0.25) is 9.59 Å². The van der Waals surface area contributed by atoms with Gasteiger partial charge in [0, 0.05) is 19.0 Å². The number of thiophene rings is 1. The number of ether oxygens (including phenoxy) is 2. The predicted octanol–water partition coefficient (Wildman–Crippen LogP) is 4.07. The molecular formula is C24H20FN3O4S. The first-order chi connectivity index (χ1) is 16.0. The number of likely N-dealkylation sites (N-methyl/N-ethyl adjacent to an activating group) is 1. The average Bonchev–Trinajstić information content (AvgIpc) is 3.58. The monoisotopic (exact) mass is 465 g/mol. The number of carbonyl (C=O) groups is 2. The molecule has 1 atom stereocenters. The maximum absolute atomic E-state index is 13.5. The van der Waals surface area contributed by atoms with Crippen LogP contribution in [0.2, 0.25) is 0 Å². The van der Waals surface area contributed by atoms with Crippen LogP contribution in [0.25, 0.3) is 0 Å². The molecule has 0 fully saturated rings. The maximum atomic E-state index is 13.5. The van der Waals surface area contributed by atoms with Gasteiger partial charge in [0.15, 0.2) is 11.5 Å². The highest BCUT2D eigenvalue weighted by Crippen LogP contribution is 2.39. The van der Waals surface area contributed by atoms with Crippen molar-refractivity contribution in [1.29, 1.82) is 0 Å². The fourth-order valence-corrected chi connectivity index (χ4v) is 4.62. The first-order valence-corrected chi connectivity index (χ1v) is 11.2. The molecule has 3 aromatic rings. The first-order valence-electron chi connectivity index (χ1n) is 10.3. The molecule has 7 nitrogen and oxygen atoms in total. The van der Waals surface area contributed by atoms with Crippen LogP contribution in [0.3, 0.4) is 0 Å². The average molecular weight is 466 g/mol. The zero-order chi connectivity index (χ0) is 22.9. The summed E-state index contributed by atoms with van der Waals surface area (Å²) in [4.78, 5) is 28.2. The van der Waals surface area contributed by atoms with E-state index in [9.17, 15) is 14.0 Å². The summed E-state index contributed by atoms with van der Waals surface area (Å²) in [6, 6.07) is 14.5. The first kappa shape index (κ1) is 21.1. The Morgan fingerprint density at radius 2 is 2.00 bits per heavy atom. The van der Waals surface area contributed by atoms with Crippen molar-refractivity contribution >= 4 is 28.9 Å². The Morgan fingerprint density at radius 1 is 1.15 bits per heavy atom. The van der Waals surface area contributed by atoms with E-state index in [0.29, 0.717) is 17.9 Å². The van der Waals surface area contributed by atoms with Crippen molar-refractivity contribution in [2.45, 2.75) is 12.5 Å². The van der Waals surface area contributed by atoms with Gasteiger partial charge in [0.05, 0.1) is 16.6 Å². The largest absolute Gasteiger partial charge is 0.454 e. The standard InChI is InChI=1S/C24H20FN3O4S/c1-27(24(30)16-4-2-5-17(25)10-16)13-23(29)28-19(12-18(26-28)22-6-3-9-33-22)15-7-8-20-21(11-15)32-14-31-20/h2-11,19H,12-14H2,1H3/t19-/m0/s1. The van der Waals surface area contributed by atoms with E-state index in [1.165, 1.54) is 35.2 Å². The molecule has 168 valence electrons. The lowest BCUT2D eigenvalue weighted by Gasteiger charge is -2.25. The number of carbonyl (C=O) groups excluding carboxylic acids is 2. The number of rotatable bonds is 5. The smallest absolute Gasteiger partial charge is 0.262 e.